The maximum absolute atomic E-state index is 5.85. The molecule has 0 radical (unpaired) electrons. The largest absolute Gasteiger partial charge is 0.310 e. The van der Waals surface area contributed by atoms with E-state index >= 15 is 0 Å². The molecule has 0 spiro atoms. The number of thiazole rings is 1. The molecule has 0 atom stereocenters. The summed E-state index contributed by atoms with van der Waals surface area (Å²) in [4.78, 5) is 4.26. The average Bonchev–Trinajstić information content (AvgIpc) is 3.15. The quantitative estimate of drug-likeness (QED) is 0.845. The van der Waals surface area contributed by atoms with Gasteiger partial charge in [0.2, 0.25) is 0 Å². The summed E-state index contributed by atoms with van der Waals surface area (Å²) in [5, 5.41) is 4.65. The fraction of sp³-hybridized carbons (Fsp3) is 0.750. The van der Waals surface area contributed by atoms with E-state index in [9.17, 15) is 0 Å². The lowest BCUT2D eigenvalue weighted by molar-refractivity contribution is 0.378. The minimum Gasteiger partial charge on any atom is -0.310 e. The van der Waals surface area contributed by atoms with Gasteiger partial charge in [-0.1, -0.05) is 11.6 Å². The molecule has 2 aliphatic carbocycles. The Hall–Kier alpha value is -0.120. The second-order valence-electron chi connectivity index (χ2n) is 5.03. The number of halogens is 1. The summed E-state index contributed by atoms with van der Waals surface area (Å²) in [6, 6.07) is 0. The van der Waals surface area contributed by atoms with E-state index in [1.54, 1.807) is 17.5 Å². The Morgan fingerprint density at radius 1 is 1.38 bits per heavy atom. The van der Waals surface area contributed by atoms with Crippen LogP contribution in [-0.4, -0.2) is 11.5 Å². The van der Waals surface area contributed by atoms with Crippen molar-refractivity contribution in [2.45, 2.75) is 32.2 Å². The predicted octanol–water partition coefficient (Wildman–Crippen LogP) is 3.32. The molecule has 1 N–H and O–H groups in total. The van der Waals surface area contributed by atoms with Gasteiger partial charge in [0.25, 0.3) is 0 Å². The highest BCUT2D eigenvalue weighted by molar-refractivity contribution is 7.15. The predicted molar refractivity (Wildman–Crippen MR) is 67.8 cm³/mol. The van der Waals surface area contributed by atoms with Crippen molar-refractivity contribution in [2.75, 3.05) is 6.54 Å². The molecule has 4 heteroatoms. The summed E-state index contributed by atoms with van der Waals surface area (Å²) in [6.07, 6.45) is 7.60. The Labute approximate surface area is 105 Å². The van der Waals surface area contributed by atoms with Gasteiger partial charge in [-0.15, -0.1) is 11.3 Å². The number of nitrogens with one attached hydrogen (secondary N) is 1. The number of hydrogen-bond donors (Lipinski definition) is 1. The van der Waals surface area contributed by atoms with Crippen LogP contribution in [0.3, 0.4) is 0 Å². The summed E-state index contributed by atoms with van der Waals surface area (Å²) in [5.41, 5.74) is 0. The fourth-order valence-corrected chi connectivity index (χ4v) is 3.41. The lowest BCUT2D eigenvalue weighted by Gasteiger charge is -2.15. The summed E-state index contributed by atoms with van der Waals surface area (Å²) < 4.78 is 0.790. The topological polar surface area (TPSA) is 24.9 Å². The SMILES string of the molecule is Clc1cnc(CNCC(C2CC2)C2CC2)s1. The fourth-order valence-electron chi connectivity index (χ4n) is 2.48. The van der Waals surface area contributed by atoms with E-state index in [4.69, 9.17) is 11.6 Å². The van der Waals surface area contributed by atoms with Crippen molar-refractivity contribution in [2.24, 2.45) is 17.8 Å². The smallest absolute Gasteiger partial charge is 0.113 e. The molecule has 0 unspecified atom stereocenters. The summed E-state index contributed by atoms with van der Waals surface area (Å²) in [5.74, 6) is 3.00. The van der Waals surface area contributed by atoms with Crippen LogP contribution in [-0.2, 0) is 6.54 Å². The number of hydrogen-bond acceptors (Lipinski definition) is 3. The lowest BCUT2D eigenvalue weighted by Crippen LogP contribution is -2.25. The molecule has 2 saturated carbocycles. The Morgan fingerprint density at radius 2 is 2.06 bits per heavy atom. The Kier molecular flexibility index (Phi) is 3.18. The molecule has 88 valence electrons. The molecule has 0 saturated heterocycles. The molecule has 2 fully saturated rings. The minimum absolute atomic E-state index is 0.790. The third-order valence-corrected chi connectivity index (χ3v) is 4.75. The molecular formula is C12H17ClN2S. The maximum atomic E-state index is 5.85. The van der Waals surface area contributed by atoms with Gasteiger partial charge < -0.3 is 5.32 Å². The van der Waals surface area contributed by atoms with Crippen LogP contribution in [0, 0.1) is 17.8 Å². The molecule has 0 amide bonds. The van der Waals surface area contributed by atoms with Crippen LogP contribution < -0.4 is 5.32 Å². The Morgan fingerprint density at radius 3 is 2.56 bits per heavy atom. The molecule has 0 aliphatic heterocycles. The van der Waals surface area contributed by atoms with E-state index in [1.807, 2.05) is 0 Å². The van der Waals surface area contributed by atoms with Gasteiger partial charge in [-0.2, -0.15) is 0 Å². The van der Waals surface area contributed by atoms with Gasteiger partial charge in [0.15, 0.2) is 0 Å². The van der Waals surface area contributed by atoms with Crippen LogP contribution in [0.5, 0.6) is 0 Å². The summed E-state index contributed by atoms with van der Waals surface area (Å²) in [7, 11) is 0. The molecule has 2 nitrogen and oxygen atoms in total. The van der Waals surface area contributed by atoms with Crippen LogP contribution in [0.25, 0.3) is 0 Å². The normalized spacial score (nSPS) is 20.6. The summed E-state index contributed by atoms with van der Waals surface area (Å²) in [6.45, 7) is 2.06. The van der Waals surface area contributed by atoms with Crippen molar-refractivity contribution < 1.29 is 0 Å². The van der Waals surface area contributed by atoms with Gasteiger partial charge >= 0.3 is 0 Å². The van der Waals surface area contributed by atoms with E-state index in [-0.39, 0.29) is 0 Å². The van der Waals surface area contributed by atoms with Gasteiger partial charge in [-0.05, 0) is 50.0 Å². The lowest BCUT2D eigenvalue weighted by atomic mass is 9.98. The molecule has 3 rings (SSSR count). The highest BCUT2D eigenvalue weighted by Crippen LogP contribution is 2.48. The van der Waals surface area contributed by atoms with Gasteiger partial charge in [-0.25, -0.2) is 4.98 Å². The monoisotopic (exact) mass is 256 g/mol. The van der Waals surface area contributed by atoms with Crippen LogP contribution in [0.1, 0.15) is 30.7 Å². The van der Waals surface area contributed by atoms with Crippen molar-refractivity contribution in [1.82, 2.24) is 10.3 Å². The third kappa shape index (κ3) is 2.76. The average molecular weight is 257 g/mol. The highest BCUT2D eigenvalue weighted by Gasteiger charge is 2.40. The number of aromatic nitrogens is 1. The zero-order chi connectivity index (χ0) is 11.0. The van der Waals surface area contributed by atoms with Gasteiger partial charge in [0.1, 0.15) is 9.34 Å². The molecule has 16 heavy (non-hydrogen) atoms. The minimum atomic E-state index is 0.790. The van der Waals surface area contributed by atoms with Crippen LogP contribution in [0.15, 0.2) is 6.20 Å². The van der Waals surface area contributed by atoms with Crippen molar-refractivity contribution in [3.05, 3.63) is 15.5 Å². The molecule has 0 aromatic carbocycles. The highest BCUT2D eigenvalue weighted by atomic mass is 35.5. The van der Waals surface area contributed by atoms with Crippen LogP contribution in [0.4, 0.5) is 0 Å². The van der Waals surface area contributed by atoms with Crippen molar-refractivity contribution >= 4 is 22.9 Å². The maximum Gasteiger partial charge on any atom is 0.113 e. The first-order valence-corrected chi connectivity index (χ1v) is 7.33. The van der Waals surface area contributed by atoms with Gasteiger partial charge in [0.05, 0.1) is 6.20 Å². The zero-order valence-corrected chi connectivity index (χ0v) is 10.9. The van der Waals surface area contributed by atoms with E-state index in [1.165, 1.54) is 32.2 Å². The van der Waals surface area contributed by atoms with E-state index < -0.39 is 0 Å². The second-order valence-corrected chi connectivity index (χ2v) is 6.77. The standard InChI is InChI=1S/C12H17ClN2S/c13-11-6-15-12(16-11)7-14-5-10(8-1-2-8)9-3-4-9/h6,8-10,14H,1-5,7H2. The van der Waals surface area contributed by atoms with Crippen molar-refractivity contribution in [1.29, 1.82) is 0 Å². The number of nitrogens with zero attached hydrogens (tertiary/aromatic N) is 1. The third-order valence-electron chi connectivity index (χ3n) is 3.64. The molecular weight excluding hydrogens is 240 g/mol. The second kappa shape index (κ2) is 4.63. The molecule has 2 aliphatic rings. The number of rotatable bonds is 6. The van der Waals surface area contributed by atoms with E-state index in [0.717, 1.165) is 33.6 Å². The molecule has 1 aromatic heterocycles. The van der Waals surface area contributed by atoms with Crippen LogP contribution in [0.2, 0.25) is 4.34 Å². The van der Waals surface area contributed by atoms with Gasteiger partial charge in [0, 0.05) is 6.54 Å². The first-order chi connectivity index (χ1) is 7.83. The van der Waals surface area contributed by atoms with Crippen LogP contribution >= 0.6 is 22.9 Å². The van der Waals surface area contributed by atoms with E-state index in [0.29, 0.717) is 0 Å². The molecule has 1 heterocycles. The Bertz CT molecular complexity index is 346. The first kappa shape index (κ1) is 11.0. The summed E-state index contributed by atoms with van der Waals surface area (Å²) >= 11 is 7.43. The van der Waals surface area contributed by atoms with Crippen molar-refractivity contribution in [3.63, 3.8) is 0 Å². The van der Waals surface area contributed by atoms with E-state index in [2.05, 4.69) is 10.3 Å². The molecule has 0 bridgehead atoms. The zero-order valence-electron chi connectivity index (χ0n) is 9.29. The first-order valence-electron chi connectivity index (χ1n) is 6.14. The molecule has 1 aromatic rings. The Balaban J connectivity index is 1.44. The van der Waals surface area contributed by atoms with Gasteiger partial charge in [-0.3, -0.25) is 0 Å². The van der Waals surface area contributed by atoms with Crippen molar-refractivity contribution in [3.8, 4) is 0 Å².